The summed E-state index contributed by atoms with van der Waals surface area (Å²) in [4.78, 5) is 79.1. The Kier molecular flexibility index (Phi) is 12.3. The van der Waals surface area contributed by atoms with Gasteiger partial charge in [-0.25, -0.2) is 22.8 Å². The summed E-state index contributed by atoms with van der Waals surface area (Å²) in [6.07, 6.45) is -9.14. The third-order valence-corrected chi connectivity index (χ3v) is 11.3. The van der Waals surface area contributed by atoms with E-state index in [1.165, 1.54) is 21.8 Å². The molecule has 4 aromatic heterocycles. The summed E-state index contributed by atoms with van der Waals surface area (Å²) in [5.41, 5.74) is 10.3. The van der Waals surface area contributed by atoms with Gasteiger partial charge in [0, 0.05) is 5.92 Å². The maximum absolute atomic E-state index is 12.8. The molecule has 57 heavy (non-hydrogen) atoms. The van der Waals surface area contributed by atoms with E-state index in [2.05, 4.69) is 29.4 Å². The molecule has 32 heteroatoms. The molecule has 0 saturated carbocycles. The molecule has 29 nitrogen and oxygen atoms in total. The number of phosphoric ester groups is 3. The number of rotatable bonds is 16. The fourth-order valence-corrected chi connectivity index (χ4v) is 8.19. The number of aromatic nitrogens is 8. The van der Waals surface area contributed by atoms with E-state index in [1.54, 1.807) is 14.0 Å². The third kappa shape index (κ3) is 9.51. The summed E-state index contributed by atoms with van der Waals surface area (Å²) in [5, 5.41) is 32.0. The maximum atomic E-state index is 12.8. The Hall–Kier alpha value is -3.57. The highest BCUT2D eigenvalue weighted by Crippen LogP contribution is 2.48. The zero-order valence-electron chi connectivity index (χ0n) is 29.4. The number of hydrogen-bond acceptors (Lipinski definition) is 19. The molecule has 0 aromatic carbocycles. The molecule has 6 rings (SSSR count). The molecular formula is C25H39N10O19P3+2. The highest BCUT2D eigenvalue weighted by atomic mass is 31.2. The second kappa shape index (κ2) is 16.2. The van der Waals surface area contributed by atoms with E-state index in [0.29, 0.717) is 0 Å². The molecule has 2 fully saturated rings. The van der Waals surface area contributed by atoms with Gasteiger partial charge in [-0.2, -0.15) is 0 Å². The number of nitrogens with zero attached hydrogens (tertiary/aromatic N) is 5. The van der Waals surface area contributed by atoms with Crippen LogP contribution in [-0.2, 0) is 52.8 Å². The Balaban J connectivity index is 1.02. The lowest BCUT2D eigenvalue weighted by Gasteiger charge is -2.22. The van der Waals surface area contributed by atoms with Crippen LogP contribution in [-0.4, -0.2) is 127 Å². The quantitative estimate of drug-likeness (QED) is 0.0373. The van der Waals surface area contributed by atoms with Crippen LogP contribution < -0.4 is 31.7 Å². The Bertz CT molecular complexity index is 2380. The van der Waals surface area contributed by atoms with Crippen molar-refractivity contribution in [3.63, 3.8) is 0 Å². The molecule has 2 saturated heterocycles. The largest absolute Gasteiger partial charge is 0.472 e. The Morgan fingerprint density at radius 2 is 1.37 bits per heavy atom. The minimum atomic E-state index is -5.39. The molecule has 14 N–H and O–H groups in total. The number of hydrogen-bond donors (Lipinski definition) is 12. The average molecular weight is 877 g/mol. The lowest BCUT2D eigenvalue weighted by molar-refractivity contribution is -0.745. The number of nitrogens with one attached hydrogen (secondary N) is 3. The minimum absolute atomic E-state index is 0.0472. The zero-order chi connectivity index (χ0) is 41.8. The Labute approximate surface area is 317 Å². The number of ether oxygens (including phenoxy) is 2. The SMILES string of the molecule is C[C@@H]1[C@H](O)C(COP(=O)(O)OCC(COP(=O)(O)OCC2O[C@@H]([n+]3c[nH]c4c(=O)[nH]c(N)nc43)[C@H](O)[C@@H]2O)OP(=O)(O)O)O[C@H]1[n+]1cn(C)c2c(=O)[nH]c(N)nc21. The zero-order valence-corrected chi connectivity index (χ0v) is 32.1. The average Bonchev–Trinajstić information content (AvgIpc) is 3.83. The van der Waals surface area contributed by atoms with Gasteiger partial charge < -0.3 is 55.8 Å². The predicted molar refractivity (Wildman–Crippen MR) is 183 cm³/mol. The summed E-state index contributed by atoms with van der Waals surface area (Å²) in [5.74, 6) is -1.14. The van der Waals surface area contributed by atoms with Crippen LogP contribution in [0, 0.1) is 5.92 Å². The van der Waals surface area contributed by atoms with Crippen molar-refractivity contribution in [3.8, 4) is 0 Å². The number of anilines is 2. The van der Waals surface area contributed by atoms with Gasteiger partial charge in [0.25, 0.3) is 23.0 Å². The molecule has 4 aromatic rings. The predicted octanol–water partition coefficient (Wildman–Crippen LogP) is -4.48. The van der Waals surface area contributed by atoms with Crippen LogP contribution in [0.4, 0.5) is 11.9 Å². The number of nitrogen functional groups attached to an aromatic ring is 2. The second-order valence-electron chi connectivity index (χ2n) is 12.9. The van der Waals surface area contributed by atoms with Crippen molar-refractivity contribution in [2.24, 2.45) is 13.0 Å². The number of nitrogens with two attached hydrogens (primary N) is 2. The van der Waals surface area contributed by atoms with Gasteiger partial charge in [-0.15, -0.1) is 0 Å². The van der Waals surface area contributed by atoms with Crippen LogP contribution in [0.15, 0.2) is 22.2 Å². The molecule has 5 unspecified atom stereocenters. The van der Waals surface area contributed by atoms with E-state index in [4.69, 9.17) is 39.0 Å². The first-order valence-corrected chi connectivity index (χ1v) is 20.9. The lowest BCUT2D eigenvalue weighted by atomic mass is 10.0. The van der Waals surface area contributed by atoms with Crippen LogP contribution in [0.2, 0.25) is 0 Å². The molecule has 0 radical (unpaired) electrons. The standard InChI is InChI=1S/C25H37N10O19P3/c1-9-15(36)11(52-22(9)35-8-33(2)14-19(35)30-25(27)32-21(14)40)5-50-56(44,45)48-3-10(54-55(41,42)43)4-49-57(46,47)51-6-12-16(37)17(38)23(53-12)34-7-28-13-18(34)29-24(26)31-20(13)39/h7-12,15-17,22-23,36-38H,3-6H2,1-2H3,(H9-,26,27,29,30,31,32,39,40,41,42,43,44,45,46,47)/p+2/t9-,10?,11?,12?,15+,16-,17-,22-,23-/m1/s1. The van der Waals surface area contributed by atoms with Crippen molar-refractivity contribution in [1.29, 1.82) is 0 Å². The number of aromatic amines is 3. The molecule has 6 heterocycles. The molecule has 316 valence electrons. The van der Waals surface area contributed by atoms with Gasteiger partial charge in [0.1, 0.15) is 30.5 Å². The molecule has 2 aliphatic heterocycles. The summed E-state index contributed by atoms with van der Waals surface area (Å²) < 4.78 is 76.3. The number of H-pyrrole nitrogens is 3. The van der Waals surface area contributed by atoms with E-state index < -0.39 is 116 Å². The van der Waals surface area contributed by atoms with Crippen LogP contribution in [0.25, 0.3) is 22.3 Å². The first-order valence-electron chi connectivity index (χ1n) is 16.4. The van der Waals surface area contributed by atoms with Gasteiger partial charge in [-0.3, -0.25) is 51.7 Å². The van der Waals surface area contributed by atoms with Gasteiger partial charge in [0.05, 0.1) is 39.6 Å². The van der Waals surface area contributed by atoms with Crippen molar-refractivity contribution >= 4 is 57.7 Å². The normalized spacial score (nSPS) is 28.2. The monoisotopic (exact) mass is 876 g/mol. The molecule has 0 aliphatic carbocycles. The first-order chi connectivity index (χ1) is 26.5. The number of aryl methyl sites for hydroxylation is 1. The van der Waals surface area contributed by atoms with Gasteiger partial charge in [-0.1, -0.05) is 16.9 Å². The van der Waals surface area contributed by atoms with Crippen molar-refractivity contribution in [2.75, 3.05) is 37.9 Å². The van der Waals surface area contributed by atoms with E-state index in [1.807, 2.05) is 0 Å². The number of aliphatic hydroxyl groups is 3. The van der Waals surface area contributed by atoms with Gasteiger partial charge >= 0.3 is 34.8 Å². The van der Waals surface area contributed by atoms with E-state index in [9.17, 15) is 58.2 Å². The van der Waals surface area contributed by atoms with Gasteiger partial charge in [-0.05, 0) is 0 Å². The topological polar surface area (TPSA) is 429 Å². The number of imidazole rings is 2. The molecule has 11 atom stereocenters. The number of fused-ring (bicyclic) bond motifs is 2. The van der Waals surface area contributed by atoms with E-state index in [-0.39, 0.29) is 34.2 Å². The lowest BCUT2D eigenvalue weighted by Crippen LogP contribution is -2.46. The molecule has 0 amide bonds. The Morgan fingerprint density at radius 1 is 0.825 bits per heavy atom. The third-order valence-electron chi connectivity index (χ3n) is 8.81. The van der Waals surface area contributed by atoms with Crippen molar-refractivity contribution < 1.29 is 89.8 Å². The smallest absolute Gasteiger partial charge is 0.390 e. The van der Waals surface area contributed by atoms with E-state index >= 15 is 0 Å². The van der Waals surface area contributed by atoms with Gasteiger partial charge in [0.2, 0.25) is 17.3 Å². The van der Waals surface area contributed by atoms with Crippen LogP contribution in [0.1, 0.15) is 19.4 Å². The highest BCUT2D eigenvalue weighted by Gasteiger charge is 2.48. The fraction of sp³-hybridized carbons (Fsp3) is 0.600. The summed E-state index contributed by atoms with van der Waals surface area (Å²) in [6, 6.07) is 0. The van der Waals surface area contributed by atoms with Crippen LogP contribution in [0.5, 0.6) is 0 Å². The van der Waals surface area contributed by atoms with E-state index in [0.717, 1.165) is 4.57 Å². The summed E-state index contributed by atoms with van der Waals surface area (Å²) in [7, 11) is -14.1. The molecule has 2 aliphatic rings. The Morgan fingerprint density at radius 3 is 1.96 bits per heavy atom. The van der Waals surface area contributed by atoms with Crippen molar-refractivity contribution in [1.82, 2.24) is 29.5 Å². The van der Waals surface area contributed by atoms with Crippen LogP contribution >= 0.6 is 23.5 Å². The summed E-state index contributed by atoms with van der Waals surface area (Å²) in [6.45, 7) is -2.45. The molecule has 0 bridgehead atoms. The van der Waals surface area contributed by atoms with Crippen LogP contribution in [0.3, 0.4) is 0 Å². The summed E-state index contributed by atoms with van der Waals surface area (Å²) >= 11 is 0. The highest BCUT2D eigenvalue weighted by molar-refractivity contribution is 7.47. The maximum Gasteiger partial charge on any atom is 0.472 e. The molecule has 0 spiro atoms. The second-order valence-corrected chi connectivity index (χ2v) is 17.0. The number of aliphatic hydroxyl groups excluding tert-OH is 3. The number of phosphoric acid groups is 3. The first kappa shape index (κ1) is 43.0. The fourth-order valence-electron chi connectivity index (χ4n) is 6.15. The minimum Gasteiger partial charge on any atom is -0.390 e. The van der Waals surface area contributed by atoms with Gasteiger partial charge in [0.15, 0.2) is 18.9 Å². The molecular weight excluding hydrogens is 837 g/mol. The van der Waals surface area contributed by atoms with Crippen molar-refractivity contribution in [2.45, 2.75) is 56.0 Å². The van der Waals surface area contributed by atoms with Crippen molar-refractivity contribution in [3.05, 3.63) is 33.4 Å².